The summed E-state index contributed by atoms with van der Waals surface area (Å²) in [4.78, 5) is 16.8. The molecule has 0 atom stereocenters. The quantitative estimate of drug-likeness (QED) is 0.555. The standard InChI is InChI=1S/C22H27ClFN3O5S/c1-4-25-9-11-26(12-10-25)22(28)15-27(16-5-7-19(24)18(23)13-16)33(29,30)17-6-8-20(31-2)21(14-17)32-3/h5-8,13-14H,4,9-12,15H2,1-3H3. The zero-order valence-corrected chi connectivity index (χ0v) is 20.3. The maximum atomic E-state index is 13.8. The van der Waals surface area contributed by atoms with Gasteiger partial charge in [-0.2, -0.15) is 0 Å². The van der Waals surface area contributed by atoms with Crippen LogP contribution in [0.15, 0.2) is 41.3 Å². The third-order valence-electron chi connectivity index (χ3n) is 5.59. The van der Waals surface area contributed by atoms with Crippen molar-refractivity contribution in [3.8, 4) is 11.5 Å². The van der Waals surface area contributed by atoms with Crippen LogP contribution in [-0.2, 0) is 14.8 Å². The number of hydrogen-bond donors (Lipinski definition) is 0. The minimum absolute atomic E-state index is 0.0803. The number of hydrogen-bond acceptors (Lipinski definition) is 6. The fourth-order valence-electron chi connectivity index (χ4n) is 3.60. The number of benzene rings is 2. The van der Waals surface area contributed by atoms with Gasteiger partial charge in [-0.3, -0.25) is 9.10 Å². The van der Waals surface area contributed by atoms with Crippen molar-refractivity contribution < 1.29 is 27.1 Å². The first kappa shape index (κ1) is 25.1. The van der Waals surface area contributed by atoms with E-state index in [0.29, 0.717) is 31.9 Å². The van der Waals surface area contributed by atoms with Gasteiger partial charge in [-0.05, 0) is 36.9 Å². The lowest BCUT2D eigenvalue weighted by Crippen LogP contribution is -2.51. The third-order valence-corrected chi connectivity index (χ3v) is 7.64. The molecule has 0 N–H and O–H groups in total. The maximum absolute atomic E-state index is 13.8. The second kappa shape index (κ2) is 10.6. The summed E-state index contributed by atoms with van der Waals surface area (Å²) >= 11 is 5.92. The summed E-state index contributed by atoms with van der Waals surface area (Å²) in [6, 6.07) is 7.68. The van der Waals surface area contributed by atoms with Gasteiger partial charge in [0, 0.05) is 32.2 Å². The third kappa shape index (κ3) is 5.51. The van der Waals surface area contributed by atoms with Crippen LogP contribution >= 0.6 is 11.6 Å². The Morgan fingerprint density at radius 3 is 2.30 bits per heavy atom. The van der Waals surface area contributed by atoms with Crippen LogP contribution in [0.2, 0.25) is 5.02 Å². The lowest BCUT2D eigenvalue weighted by Gasteiger charge is -2.35. The highest BCUT2D eigenvalue weighted by Gasteiger charge is 2.31. The lowest BCUT2D eigenvalue weighted by molar-refractivity contribution is -0.131. The fourth-order valence-corrected chi connectivity index (χ4v) is 5.19. The molecule has 0 saturated carbocycles. The van der Waals surface area contributed by atoms with E-state index in [1.807, 2.05) is 6.92 Å². The highest BCUT2D eigenvalue weighted by Crippen LogP contribution is 2.33. The van der Waals surface area contributed by atoms with Gasteiger partial charge in [0.1, 0.15) is 12.4 Å². The summed E-state index contributed by atoms with van der Waals surface area (Å²) < 4.78 is 52.4. The number of piperazine rings is 1. The van der Waals surface area contributed by atoms with Gasteiger partial charge in [-0.15, -0.1) is 0 Å². The predicted molar refractivity (Wildman–Crippen MR) is 124 cm³/mol. The van der Waals surface area contributed by atoms with E-state index < -0.39 is 22.4 Å². The minimum atomic E-state index is -4.23. The zero-order valence-electron chi connectivity index (χ0n) is 18.8. The monoisotopic (exact) mass is 499 g/mol. The van der Waals surface area contributed by atoms with Gasteiger partial charge < -0.3 is 19.3 Å². The van der Waals surface area contributed by atoms with Crippen molar-refractivity contribution in [1.29, 1.82) is 0 Å². The predicted octanol–water partition coefficient (Wildman–Crippen LogP) is 2.86. The smallest absolute Gasteiger partial charge is 0.264 e. The number of methoxy groups -OCH3 is 2. The molecule has 0 unspecified atom stereocenters. The molecule has 1 saturated heterocycles. The van der Waals surface area contributed by atoms with Gasteiger partial charge >= 0.3 is 0 Å². The Bertz CT molecular complexity index is 1110. The molecule has 1 aliphatic heterocycles. The number of halogens is 2. The largest absolute Gasteiger partial charge is 0.493 e. The molecule has 1 heterocycles. The van der Waals surface area contributed by atoms with Crippen molar-refractivity contribution in [2.75, 3.05) is 57.8 Å². The molecule has 2 aromatic carbocycles. The molecule has 2 aromatic rings. The molecule has 1 aliphatic rings. The van der Waals surface area contributed by atoms with Gasteiger partial charge in [-0.25, -0.2) is 12.8 Å². The average Bonchev–Trinajstić information content (AvgIpc) is 2.83. The van der Waals surface area contributed by atoms with Crippen LogP contribution in [0.3, 0.4) is 0 Å². The molecule has 3 rings (SSSR count). The van der Waals surface area contributed by atoms with Crippen LogP contribution in [0.5, 0.6) is 11.5 Å². The molecule has 11 heteroatoms. The molecular weight excluding hydrogens is 473 g/mol. The molecule has 8 nitrogen and oxygen atoms in total. The highest BCUT2D eigenvalue weighted by atomic mass is 35.5. The maximum Gasteiger partial charge on any atom is 0.264 e. The van der Waals surface area contributed by atoms with E-state index in [-0.39, 0.29) is 27.3 Å². The molecule has 0 aromatic heterocycles. The molecule has 1 fully saturated rings. The first-order chi connectivity index (χ1) is 15.7. The summed E-state index contributed by atoms with van der Waals surface area (Å²) in [7, 11) is -1.40. The Morgan fingerprint density at radius 1 is 1.06 bits per heavy atom. The van der Waals surface area contributed by atoms with Gasteiger partial charge in [0.15, 0.2) is 11.5 Å². The van der Waals surface area contributed by atoms with Crippen molar-refractivity contribution in [2.24, 2.45) is 0 Å². The number of amides is 1. The first-order valence-electron chi connectivity index (χ1n) is 10.4. The Kier molecular flexibility index (Phi) is 8.04. The SMILES string of the molecule is CCN1CCN(C(=O)CN(c2ccc(F)c(Cl)c2)S(=O)(=O)c2ccc(OC)c(OC)c2)CC1. The summed E-state index contributed by atoms with van der Waals surface area (Å²) in [5.74, 6) is -0.462. The summed E-state index contributed by atoms with van der Waals surface area (Å²) in [5.41, 5.74) is 0.0803. The van der Waals surface area contributed by atoms with E-state index in [1.54, 1.807) is 4.90 Å². The molecule has 180 valence electrons. The Hall–Kier alpha value is -2.56. The number of anilines is 1. The van der Waals surface area contributed by atoms with Crippen molar-refractivity contribution in [3.05, 3.63) is 47.2 Å². The van der Waals surface area contributed by atoms with E-state index in [0.717, 1.165) is 16.9 Å². The van der Waals surface area contributed by atoms with Crippen molar-refractivity contribution in [1.82, 2.24) is 9.80 Å². The van der Waals surface area contributed by atoms with Gasteiger partial charge in [0.05, 0.1) is 29.8 Å². The number of carbonyl (C=O) groups is 1. The number of carbonyl (C=O) groups excluding carboxylic acids is 1. The summed E-state index contributed by atoms with van der Waals surface area (Å²) in [6.45, 7) is 4.91. The van der Waals surface area contributed by atoms with Crippen LogP contribution < -0.4 is 13.8 Å². The number of likely N-dealkylation sites (N-methyl/N-ethyl adjacent to an activating group) is 1. The van der Waals surface area contributed by atoms with E-state index in [1.165, 1.54) is 44.6 Å². The molecule has 1 amide bonds. The lowest BCUT2D eigenvalue weighted by atomic mass is 10.3. The molecular formula is C22H27ClFN3O5S. The molecule has 0 bridgehead atoms. The van der Waals surface area contributed by atoms with Crippen LogP contribution in [0.4, 0.5) is 10.1 Å². The van der Waals surface area contributed by atoms with Crippen molar-refractivity contribution in [3.63, 3.8) is 0 Å². The first-order valence-corrected chi connectivity index (χ1v) is 12.2. The minimum Gasteiger partial charge on any atom is -0.493 e. The molecule has 33 heavy (non-hydrogen) atoms. The van der Waals surface area contributed by atoms with Crippen LogP contribution in [0.25, 0.3) is 0 Å². The van der Waals surface area contributed by atoms with Gasteiger partial charge in [0.25, 0.3) is 10.0 Å². The van der Waals surface area contributed by atoms with Crippen LogP contribution in [0.1, 0.15) is 6.92 Å². The average molecular weight is 500 g/mol. The van der Waals surface area contributed by atoms with Crippen molar-refractivity contribution >= 4 is 33.2 Å². The molecule has 0 spiro atoms. The van der Waals surface area contributed by atoms with Crippen LogP contribution in [0, 0.1) is 5.82 Å². The fraction of sp³-hybridized carbons (Fsp3) is 0.409. The van der Waals surface area contributed by atoms with E-state index in [9.17, 15) is 17.6 Å². The number of sulfonamides is 1. The number of ether oxygens (including phenoxy) is 2. The molecule has 0 aliphatic carbocycles. The second-order valence-electron chi connectivity index (χ2n) is 7.44. The Balaban J connectivity index is 1.98. The van der Waals surface area contributed by atoms with Crippen LogP contribution in [-0.4, -0.2) is 77.6 Å². The Labute approximate surface area is 198 Å². The van der Waals surface area contributed by atoms with E-state index >= 15 is 0 Å². The van der Waals surface area contributed by atoms with E-state index in [4.69, 9.17) is 21.1 Å². The van der Waals surface area contributed by atoms with Crippen molar-refractivity contribution in [2.45, 2.75) is 11.8 Å². The number of nitrogens with zero attached hydrogens (tertiary/aromatic N) is 3. The second-order valence-corrected chi connectivity index (χ2v) is 9.71. The zero-order chi connectivity index (χ0) is 24.2. The van der Waals surface area contributed by atoms with E-state index in [2.05, 4.69) is 4.90 Å². The summed E-state index contributed by atoms with van der Waals surface area (Å²) in [5, 5.41) is -0.246. The highest BCUT2D eigenvalue weighted by molar-refractivity contribution is 7.92. The topological polar surface area (TPSA) is 79.4 Å². The normalized spacial score (nSPS) is 14.8. The summed E-state index contributed by atoms with van der Waals surface area (Å²) in [6.07, 6.45) is 0. The Morgan fingerprint density at radius 2 is 1.73 bits per heavy atom. The van der Waals surface area contributed by atoms with Gasteiger partial charge in [0.2, 0.25) is 5.91 Å². The molecule has 0 radical (unpaired) electrons. The van der Waals surface area contributed by atoms with Gasteiger partial charge in [-0.1, -0.05) is 18.5 Å². The number of rotatable bonds is 8.